The van der Waals surface area contributed by atoms with Crippen LogP contribution in [0, 0.1) is 0 Å². The molecular weight excluding hydrogens is 436 g/mol. The lowest BCUT2D eigenvalue weighted by Crippen LogP contribution is -2.41. The number of likely N-dealkylation sites (tertiary alicyclic amines) is 1. The molecular formula is C29H34N4O2. The Morgan fingerprint density at radius 3 is 2.49 bits per heavy atom. The van der Waals surface area contributed by atoms with Gasteiger partial charge in [0.25, 0.3) is 5.91 Å². The Bertz CT molecular complexity index is 1100. The van der Waals surface area contributed by atoms with Crippen molar-refractivity contribution in [2.24, 2.45) is 0 Å². The van der Waals surface area contributed by atoms with Crippen molar-refractivity contribution in [3.8, 4) is 0 Å². The first kappa shape index (κ1) is 24.5. The van der Waals surface area contributed by atoms with E-state index in [1.54, 1.807) is 0 Å². The van der Waals surface area contributed by atoms with Gasteiger partial charge >= 0.3 is 6.03 Å². The van der Waals surface area contributed by atoms with Crippen LogP contribution in [0.15, 0.2) is 84.9 Å². The Balaban J connectivity index is 1.28. The van der Waals surface area contributed by atoms with E-state index in [1.165, 1.54) is 5.56 Å². The predicted octanol–water partition coefficient (Wildman–Crippen LogP) is 4.96. The second-order valence-electron chi connectivity index (χ2n) is 9.19. The number of likely N-dealkylation sites (N-methyl/N-ethyl adjacent to an activating group) is 1. The van der Waals surface area contributed by atoms with E-state index in [2.05, 4.69) is 40.8 Å². The number of rotatable bonds is 8. The van der Waals surface area contributed by atoms with Crippen LogP contribution in [0.3, 0.4) is 0 Å². The summed E-state index contributed by atoms with van der Waals surface area (Å²) >= 11 is 0. The number of anilines is 1. The van der Waals surface area contributed by atoms with Crippen LogP contribution in [0.2, 0.25) is 0 Å². The number of urea groups is 1. The molecule has 0 bridgehead atoms. The molecule has 6 nitrogen and oxygen atoms in total. The summed E-state index contributed by atoms with van der Waals surface area (Å²) in [4.78, 5) is 29.6. The van der Waals surface area contributed by atoms with Crippen molar-refractivity contribution in [1.82, 2.24) is 15.1 Å². The van der Waals surface area contributed by atoms with Gasteiger partial charge in [-0.25, -0.2) is 4.79 Å². The molecule has 35 heavy (non-hydrogen) atoms. The Kier molecular flexibility index (Phi) is 8.52. The van der Waals surface area contributed by atoms with E-state index in [0.29, 0.717) is 18.7 Å². The fraction of sp³-hybridized carbons (Fsp3) is 0.310. The van der Waals surface area contributed by atoms with Gasteiger partial charge in [-0.05, 0) is 55.3 Å². The van der Waals surface area contributed by atoms with Crippen molar-refractivity contribution in [1.29, 1.82) is 0 Å². The molecule has 1 saturated heterocycles. The molecule has 1 aliphatic heterocycles. The lowest BCUT2D eigenvalue weighted by Gasteiger charge is -2.33. The summed E-state index contributed by atoms with van der Waals surface area (Å²) in [5, 5.41) is 6.02. The van der Waals surface area contributed by atoms with Gasteiger partial charge in [-0.15, -0.1) is 0 Å². The SMILES string of the molecule is CN(CCNC(=O)c1cccc(C2CCCN(C(=O)Nc3ccccc3)C2)c1)Cc1ccccc1. The summed E-state index contributed by atoms with van der Waals surface area (Å²) in [7, 11) is 2.06. The number of benzene rings is 3. The number of amides is 3. The minimum absolute atomic E-state index is 0.0607. The molecule has 1 fully saturated rings. The Morgan fingerprint density at radius 2 is 1.71 bits per heavy atom. The van der Waals surface area contributed by atoms with E-state index in [0.717, 1.165) is 43.7 Å². The van der Waals surface area contributed by atoms with Crippen LogP contribution in [0.1, 0.15) is 40.2 Å². The molecule has 0 spiro atoms. The second kappa shape index (κ2) is 12.2. The molecule has 0 aliphatic carbocycles. The smallest absolute Gasteiger partial charge is 0.321 e. The maximum atomic E-state index is 12.8. The van der Waals surface area contributed by atoms with E-state index in [4.69, 9.17) is 0 Å². The van der Waals surface area contributed by atoms with Gasteiger partial charge in [0.05, 0.1) is 0 Å². The van der Waals surface area contributed by atoms with Crippen molar-refractivity contribution in [3.05, 3.63) is 102 Å². The third-order valence-electron chi connectivity index (χ3n) is 6.43. The molecule has 3 amide bonds. The summed E-state index contributed by atoms with van der Waals surface area (Å²) in [5.41, 5.74) is 3.83. The van der Waals surface area contributed by atoms with E-state index in [-0.39, 0.29) is 17.9 Å². The maximum Gasteiger partial charge on any atom is 0.321 e. The highest BCUT2D eigenvalue weighted by Crippen LogP contribution is 2.28. The number of piperidine rings is 1. The summed E-state index contributed by atoms with van der Waals surface area (Å²) in [6.45, 7) is 3.60. The van der Waals surface area contributed by atoms with Crippen LogP contribution in [0.25, 0.3) is 0 Å². The predicted molar refractivity (Wildman–Crippen MR) is 141 cm³/mol. The number of carbonyl (C=O) groups excluding carboxylic acids is 2. The summed E-state index contributed by atoms with van der Waals surface area (Å²) in [5.74, 6) is 0.157. The highest BCUT2D eigenvalue weighted by atomic mass is 16.2. The number of nitrogens with one attached hydrogen (secondary N) is 2. The van der Waals surface area contributed by atoms with Crippen molar-refractivity contribution < 1.29 is 9.59 Å². The summed E-state index contributed by atoms with van der Waals surface area (Å²) < 4.78 is 0. The van der Waals surface area contributed by atoms with Gasteiger partial charge in [0, 0.05) is 49.9 Å². The zero-order chi connectivity index (χ0) is 24.5. The molecule has 6 heteroatoms. The zero-order valence-corrected chi connectivity index (χ0v) is 20.3. The second-order valence-corrected chi connectivity index (χ2v) is 9.19. The summed E-state index contributed by atoms with van der Waals surface area (Å²) in [6.07, 6.45) is 1.95. The van der Waals surface area contributed by atoms with Crippen molar-refractivity contribution in [3.63, 3.8) is 0 Å². The first-order valence-corrected chi connectivity index (χ1v) is 12.3. The van der Waals surface area contributed by atoms with Crippen LogP contribution < -0.4 is 10.6 Å². The van der Waals surface area contributed by atoms with Gasteiger partial charge in [0.15, 0.2) is 0 Å². The van der Waals surface area contributed by atoms with E-state index >= 15 is 0 Å². The molecule has 0 saturated carbocycles. The van der Waals surface area contributed by atoms with Crippen LogP contribution in [-0.2, 0) is 6.54 Å². The molecule has 3 aromatic rings. The van der Waals surface area contributed by atoms with Crippen molar-refractivity contribution in [2.45, 2.75) is 25.3 Å². The monoisotopic (exact) mass is 470 g/mol. The van der Waals surface area contributed by atoms with Gasteiger partial charge in [-0.1, -0.05) is 60.7 Å². The fourth-order valence-corrected chi connectivity index (χ4v) is 4.53. The lowest BCUT2D eigenvalue weighted by molar-refractivity contribution is 0.0949. The first-order valence-electron chi connectivity index (χ1n) is 12.3. The van der Waals surface area contributed by atoms with Gasteiger partial charge in [-0.2, -0.15) is 0 Å². The average Bonchev–Trinajstić information content (AvgIpc) is 2.90. The molecule has 1 unspecified atom stereocenters. The normalized spacial score (nSPS) is 15.6. The molecule has 1 atom stereocenters. The molecule has 182 valence electrons. The van der Waals surface area contributed by atoms with Gasteiger partial charge in [-0.3, -0.25) is 4.79 Å². The molecule has 4 rings (SSSR count). The van der Waals surface area contributed by atoms with Crippen LogP contribution in [0.4, 0.5) is 10.5 Å². The number of hydrogen-bond acceptors (Lipinski definition) is 3. The molecule has 0 radical (unpaired) electrons. The Labute approximate surface area is 207 Å². The van der Waals surface area contributed by atoms with Crippen LogP contribution in [0.5, 0.6) is 0 Å². The van der Waals surface area contributed by atoms with E-state index in [1.807, 2.05) is 71.6 Å². The Morgan fingerprint density at radius 1 is 0.971 bits per heavy atom. The van der Waals surface area contributed by atoms with Crippen LogP contribution in [-0.4, -0.2) is 55.0 Å². The van der Waals surface area contributed by atoms with Gasteiger partial charge < -0.3 is 20.4 Å². The number of carbonyl (C=O) groups is 2. The van der Waals surface area contributed by atoms with Crippen LogP contribution >= 0.6 is 0 Å². The molecule has 0 aromatic heterocycles. The standard InChI is InChI=1S/C29H34N4O2/c1-32(21-23-10-4-2-5-11-23)19-17-30-28(34)25-13-8-12-24(20-25)26-14-9-18-33(22-26)29(35)31-27-15-6-3-7-16-27/h2-8,10-13,15-16,20,26H,9,14,17-19,21-22H2,1H3,(H,30,34)(H,31,35). The minimum Gasteiger partial charge on any atom is -0.351 e. The quantitative estimate of drug-likeness (QED) is 0.489. The minimum atomic E-state index is -0.0746. The zero-order valence-electron chi connectivity index (χ0n) is 20.3. The Hall–Kier alpha value is -3.64. The maximum absolute atomic E-state index is 12.8. The number of hydrogen-bond donors (Lipinski definition) is 2. The van der Waals surface area contributed by atoms with Crippen molar-refractivity contribution >= 4 is 17.6 Å². The largest absolute Gasteiger partial charge is 0.351 e. The van der Waals surface area contributed by atoms with Gasteiger partial charge in [0.2, 0.25) is 0 Å². The molecule has 1 heterocycles. The third kappa shape index (κ3) is 7.17. The number of para-hydroxylation sites is 1. The third-order valence-corrected chi connectivity index (χ3v) is 6.43. The van der Waals surface area contributed by atoms with Gasteiger partial charge in [0.1, 0.15) is 0 Å². The highest BCUT2D eigenvalue weighted by molar-refractivity contribution is 5.94. The topological polar surface area (TPSA) is 64.7 Å². The fourth-order valence-electron chi connectivity index (χ4n) is 4.53. The van der Waals surface area contributed by atoms with Crippen molar-refractivity contribution in [2.75, 3.05) is 38.5 Å². The van der Waals surface area contributed by atoms with E-state index in [9.17, 15) is 9.59 Å². The lowest BCUT2D eigenvalue weighted by atomic mass is 9.89. The van der Waals surface area contributed by atoms with E-state index < -0.39 is 0 Å². The first-order chi connectivity index (χ1) is 17.1. The molecule has 2 N–H and O–H groups in total. The molecule has 1 aliphatic rings. The average molecular weight is 471 g/mol. The highest BCUT2D eigenvalue weighted by Gasteiger charge is 2.25. The summed E-state index contributed by atoms with van der Waals surface area (Å²) in [6, 6.07) is 27.6. The molecule has 3 aromatic carbocycles. The number of nitrogens with zero attached hydrogens (tertiary/aromatic N) is 2.